The summed E-state index contributed by atoms with van der Waals surface area (Å²) in [7, 11) is 0. The van der Waals surface area contributed by atoms with Gasteiger partial charge in [-0.1, -0.05) is 30.7 Å². The molecule has 1 saturated carbocycles. The maximum Gasteiger partial charge on any atom is 0.159 e. The van der Waals surface area contributed by atoms with Gasteiger partial charge in [0.2, 0.25) is 0 Å². The van der Waals surface area contributed by atoms with E-state index >= 15 is 0 Å². The van der Waals surface area contributed by atoms with Crippen LogP contribution in [0, 0.1) is 17.7 Å². The molecule has 0 atom stereocenters. The summed E-state index contributed by atoms with van der Waals surface area (Å²) in [5.41, 5.74) is 1.80. The number of rotatable bonds is 6. The fraction of sp³-hybridized carbons (Fsp3) is 0.455. The minimum absolute atomic E-state index is 0.116. The Morgan fingerprint density at radius 3 is 2.54 bits per heavy atom. The van der Waals surface area contributed by atoms with E-state index < -0.39 is 5.82 Å². The summed E-state index contributed by atoms with van der Waals surface area (Å²) >= 11 is 5.72. The van der Waals surface area contributed by atoms with Gasteiger partial charge in [-0.15, -0.1) is 0 Å². The highest BCUT2D eigenvalue weighted by Crippen LogP contribution is 2.32. The zero-order valence-corrected chi connectivity index (χ0v) is 16.1. The second-order valence-electron chi connectivity index (χ2n) is 7.20. The molecule has 3 rings (SSSR count). The zero-order chi connectivity index (χ0) is 18.4. The molecule has 1 aromatic carbocycles. The smallest absolute Gasteiger partial charge is 0.159 e. The minimum Gasteiger partial charge on any atom is -0.236 e. The lowest BCUT2D eigenvalue weighted by Gasteiger charge is -2.26. The van der Waals surface area contributed by atoms with E-state index in [1.54, 1.807) is 6.07 Å². The van der Waals surface area contributed by atoms with Gasteiger partial charge in [0.15, 0.2) is 5.82 Å². The van der Waals surface area contributed by atoms with Crippen LogP contribution in [0.15, 0.2) is 42.7 Å². The molecule has 1 heterocycles. The van der Waals surface area contributed by atoms with E-state index in [1.165, 1.54) is 44.2 Å². The molecule has 0 amide bonds. The van der Waals surface area contributed by atoms with Gasteiger partial charge in [0.25, 0.3) is 0 Å². The predicted octanol–water partition coefficient (Wildman–Crippen LogP) is 6.64. The number of aromatic nitrogens is 2. The summed E-state index contributed by atoms with van der Waals surface area (Å²) in [6.07, 6.45) is 17.1. The van der Waals surface area contributed by atoms with Crippen LogP contribution in [0.3, 0.4) is 0 Å². The van der Waals surface area contributed by atoms with Crippen LogP contribution in [-0.4, -0.2) is 9.97 Å². The molecule has 2 aromatic rings. The van der Waals surface area contributed by atoms with E-state index in [-0.39, 0.29) is 5.02 Å². The number of allylic oxidation sites excluding steroid dienone is 2. The topological polar surface area (TPSA) is 25.8 Å². The molecule has 4 heteroatoms. The zero-order valence-electron chi connectivity index (χ0n) is 15.3. The molecule has 0 aliphatic heterocycles. The van der Waals surface area contributed by atoms with Crippen molar-refractivity contribution in [3.8, 4) is 11.4 Å². The van der Waals surface area contributed by atoms with Crippen molar-refractivity contribution in [3.63, 3.8) is 0 Å². The van der Waals surface area contributed by atoms with Crippen LogP contribution in [-0.2, 0) is 6.42 Å². The molecule has 1 aromatic heterocycles. The van der Waals surface area contributed by atoms with Crippen LogP contribution < -0.4 is 0 Å². The lowest BCUT2D eigenvalue weighted by Crippen LogP contribution is -2.13. The van der Waals surface area contributed by atoms with Crippen molar-refractivity contribution in [2.75, 3.05) is 0 Å². The molecular weight excluding hydrogens is 347 g/mol. The monoisotopic (exact) mass is 372 g/mol. The molecule has 0 N–H and O–H groups in total. The van der Waals surface area contributed by atoms with Crippen LogP contribution in [0.2, 0.25) is 5.02 Å². The molecule has 0 radical (unpaired) electrons. The van der Waals surface area contributed by atoms with Gasteiger partial charge in [0.1, 0.15) is 5.82 Å². The van der Waals surface area contributed by atoms with Crippen molar-refractivity contribution < 1.29 is 4.39 Å². The quantitative estimate of drug-likeness (QED) is 0.531. The van der Waals surface area contributed by atoms with Gasteiger partial charge in [-0.05, 0) is 80.5 Å². The van der Waals surface area contributed by atoms with Crippen molar-refractivity contribution in [3.05, 3.63) is 59.1 Å². The number of benzene rings is 1. The lowest BCUT2D eigenvalue weighted by molar-refractivity contribution is 0.296. The largest absolute Gasteiger partial charge is 0.236 e. The Kier molecular flexibility index (Phi) is 6.79. The number of nitrogens with zero attached hydrogens (tertiary/aromatic N) is 2. The first kappa shape index (κ1) is 19.0. The third-order valence-electron chi connectivity index (χ3n) is 5.26. The second-order valence-corrected chi connectivity index (χ2v) is 7.61. The average Bonchev–Trinajstić information content (AvgIpc) is 2.68. The van der Waals surface area contributed by atoms with Gasteiger partial charge < -0.3 is 0 Å². The van der Waals surface area contributed by atoms with E-state index in [9.17, 15) is 4.39 Å². The SMILES string of the molecule is CCC=C[C@H]1CC[C@H](CCc2cnc(-c3ccc(Cl)c(F)c3)nc2)CC1. The first-order chi connectivity index (χ1) is 12.7. The Labute approximate surface area is 160 Å². The summed E-state index contributed by atoms with van der Waals surface area (Å²) in [6, 6.07) is 4.66. The van der Waals surface area contributed by atoms with Crippen LogP contribution in [0.1, 0.15) is 51.0 Å². The van der Waals surface area contributed by atoms with Gasteiger partial charge in [0, 0.05) is 18.0 Å². The van der Waals surface area contributed by atoms with E-state index in [2.05, 4.69) is 29.0 Å². The molecule has 0 saturated heterocycles. The number of halogens is 2. The van der Waals surface area contributed by atoms with Crippen molar-refractivity contribution in [1.82, 2.24) is 9.97 Å². The molecule has 0 unspecified atom stereocenters. The summed E-state index contributed by atoms with van der Waals surface area (Å²) in [6.45, 7) is 2.19. The summed E-state index contributed by atoms with van der Waals surface area (Å²) in [5, 5.41) is 0.116. The number of hydrogen-bond acceptors (Lipinski definition) is 2. The van der Waals surface area contributed by atoms with Crippen molar-refractivity contribution in [2.24, 2.45) is 11.8 Å². The Balaban J connectivity index is 1.50. The van der Waals surface area contributed by atoms with Crippen molar-refractivity contribution >= 4 is 11.6 Å². The summed E-state index contributed by atoms with van der Waals surface area (Å²) in [4.78, 5) is 8.80. The first-order valence-corrected chi connectivity index (χ1v) is 9.96. The molecule has 138 valence electrons. The Hall–Kier alpha value is -1.74. The predicted molar refractivity (Wildman–Crippen MR) is 106 cm³/mol. The third-order valence-corrected chi connectivity index (χ3v) is 5.57. The van der Waals surface area contributed by atoms with Gasteiger partial charge >= 0.3 is 0 Å². The number of aryl methyl sites for hydroxylation is 1. The maximum atomic E-state index is 13.6. The molecule has 1 aliphatic carbocycles. The molecule has 2 nitrogen and oxygen atoms in total. The highest BCUT2D eigenvalue weighted by atomic mass is 35.5. The maximum absolute atomic E-state index is 13.6. The highest BCUT2D eigenvalue weighted by Gasteiger charge is 2.19. The van der Waals surface area contributed by atoms with Gasteiger partial charge in [-0.2, -0.15) is 0 Å². The number of hydrogen-bond donors (Lipinski definition) is 0. The van der Waals surface area contributed by atoms with Gasteiger partial charge in [-0.3, -0.25) is 0 Å². The fourth-order valence-electron chi connectivity index (χ4n) is 3.64. The van der Waals surface area contributed by atoms with Gasteiger partial charge in [0.05, 0.1) is 5.02 Å². The Bertz CT molecular complexity index is 734. The van der Waals surface area contributed by atoms with E-state index in [1.807, 2.05) is 12.4 Å². The fourth-order valence-corrected chi connectivity index (χ4v) is 3.75. The van der Waals surface area contributed by atoms with E-state index in [0.717, 1.165) is 30.2 Å². The lowest BCUT2D eigenvalue weighted by atomic mass is 9.79. The van der Waals surface area contributed by atoms with Crippen LogP contribution in [0.5, 0.6) is 0 Å². The summed E-state index contributed by atoms with van der Waals surface area (Å²) < 4.78 is 13.6. The molecule has 0 bridgehead atoms. The standard InChI is InChI=1S/C22H26ClFN2/c1-2-3-4-16-5-7-17(8-6-16)9-10-18-14-25-22(26-15-18)19-11-12-20(23)21(24)13-19/h3-4,11-17H,2,5-10H2,1H3/t16-,17-. The third kappa shape index (κ3) is 5.14. The summed E-state index contributed by atoms with van der Waals surface area (Å²) in [5.74, 6) is 1.69. The Morgan fingerprint density at radius 2 is 1.88 bits per heavy atom. The molecular formula is C22H26ClFN2. The molecule has 0 spiro atoms. The van der Waals surface area contributed by atoms with Crippen LogP contribution >= 0.6 is 11.6 Å². The molecule has 26 heavy (non-hydrogen) atoms. The van der Waals surface area contributed by atoms with Gasteiger partial charge in [-0.25, -0.2) is 14.4 Å². The Morgan fingerprint density at radius 1 is 1.15 bits per heavy atom. The normalized spacial score (nSPS) is 20.6. The highest BCUT2D eigenvalue weighted by molar-refractivity contribution is 6.30. The average molecular weight is 373 g/mol. The molecule has 1 fully saturated rings. The minimum atomic E-state index is -0.443. The van der Waals surface area contributed by atoms with Crippen LogP contribution in [0.25, 0.3) is 11.4 Å². The van der Waals surface area contributed by atoms with Crippen molar-refractivity contribution in [1.29, 1.82) is 0 Å². The van der Waals surface area contributed by atoms with E-state index in [0.29, 0.717) is 11.4 Å². The van der Waals surface area contributed by atoms with E-state index in [4.69, 9.17) is 11.6 Å². The molecule has 1 aliphatic rings. The van der Waals surface area contributed by atoms with Crippen molar-refractivity contribution in [2.45, 2.75) is 51.9 Å². The van der Waals surface area contributed by atoms with Crippen LogP contribution in [0.4, 0.5) is 4.39 Å². The first-order valence-electron chi connectivity index (χ1n) is 9.58. The second kappa shape index (κ2) is 9.27.